The van der Waals surface area contributed by atoms with E-state index in [-0.39, 0.29) is 11.3 Å². The molecule has 47 heavy (non-hydrogen) atoms. The van der Waals surface area contributed by atoms with Crippen molar-refractivity contribution >= 4 is 5.91 Å². The zero-order chi connectivity index (χ0) is 32.1. The number of amides is 1. The summed E-state index contributed by atoms with van der Waals surface area (Å²) < 4.78 is 12.6. The molecular formula is C41H47N3O3. The molecule has 1 spiro atoms. The van der Waals surface area contributed by atoms with E-state index in [2.05, 4.69) is 108 Å². The van der Waals surface area contributed by atoms with E-state index in [4.69, 9.17) is 9.47 Å². The molecule has 5 aliphatic rings. The third kappa shape index (κ3) is 7.39. The number of nitrogens with zero attached hydrogens (tertiary/aromatic N) is 1. The fourth-order valence-electron chi connectivity index (χ4n) is 7.80. The molecule has 1 saturated carbocycles. The summed E-state index contributed by atoms with van der Waals surface area (Å²) in [7, 11) is 0. The van der Waals surface area contributed by atoms with Crippen molar-refractivity contribution in [3.05, 3.63) is 130 Å². The van der Waals surface area contributed by atoms with Crippen molar-refractivity contribution in [2.75, 3.05) is 13.1 Å². The zero-order valence-electron chi connectivity index (χ0n) is 27.5. The number of nitrogens with one attached hydrogen (secondary N) is 2. The van der Waals surface area contributed by atoms with Gasteiger partial charge in [0, 0.05) is 50.6 Å². The Kier molecular flexibility index (Phi) is 9.59. The van der Waals surface area contributed by atoms with Gasteiger partial charge in [-0.25, -0.2) is 0 Å². The molecular weight excluding hydrogens is 582 g/mol. The van der Waals surface area contributed by atoms with Gasteiger partial charge in [0.15, 0.2) is 0 Å². The lowest BCUT2D eigenvalue weighted by Crippen LogP contribution is -2.49. The Bertz CT molecular complexity index is 1530. The Hall–Kier alpha value is -4.13. The predicted octanol–water partition coefficient (Wildman–Crippen LogP) is 7.28. The zero-order valence-corrected chi connectivity index (χ0v) is 27.5. The Labute approximate surface area is 279 Å². The lowest BCUT2D eigenvalue weighted by atomic mass is 9.68. The van der Waals surface area contributed by atoms with Gasteiger partial charge in [-0.3, -0.25) is 4.79 Å². The molecule has 244 valence electrons. The second-order valence-corrected chi connectivity index (χ2v) is 13.6. The van der Waals surface area contributed by atoms with Gasteiger partial charge in [-0.05, 0) is 83.3 Å². The number of hydrogen-bond acceptors (Lipinski definition) is 5. The molecule has 1 aliphatic carbocycles. The number of ether oxygens (including phenoxy) is 2. The summed E-state index contributed by atoms with van der Waals surface area (Å²) in [5.74, 6) is 1.87. The summed E-state index contributed by atoms with van der Waals surface area (Å²) in [4.78, 5) is 14.2. The van der Waals surface area contributed by atoms with E-state index >= 15 is 0 Å². The van der Waals surface area contributed by atoms with E-state index in [1.165, 1.54) is 59.1 Å². The van der Waals surface area contributed by atoms with Gasteiger partial charge in [0.1, 0.15) is 24.7 Å². The molecule has 2 atom stereocenters. The van der Waals surface area contributed by atoms with Crippen LogP contribution < -0.4 is 20.1 Å². The molecule has 1 amide bonds. The lowest BCUT2D eigenvalue weighted by Gasteiger charge is -2.42. The van der Waals surface area contributed by atoms with E-state index in [1.54, 1.807) is 6.92 Å². The van der Waals surface area contributed by atoms with Crippen molar-refractivity contribution in [3.63, 3.8) is 0 Å². The monoisotopic (exact) mass is 629 g/mol. The van der Waals surface area contributed by atoms with Crippen LogP contribution in [0.1, 0.15) is 78.8 Å². The average molecular weight is 630 g/mol. The second kappa shape index (κ2) is 14.3. The van der Waals surface area contributed by atoms with Crippen molar-refractivity contribution in [1.29, 1.82) is 0 Å². The van der Waals surface area contributed by atoms with Crippen LogP contribution in [0.3, 0.4) is 0 Å². The SMILES string of the molecule is CC(=O)N1CCC2(CC1)c1ccc(cc1)OCc1cccc(c1)CN[C@@H]1CCCC[C@H]1NCc1cccc(c1)COc1ccc2cc1. The number of fused-ring (bicyclic) bond motifs is 2. The number of piperidine rings is 1. The average Bonchev–Trinajstić information content (AvgIpc) is 3.12. The standard InChI is InChI=1S/C41H47N3O3/c1-30(45)44-22-20-41(21-23-44)35-12-16-37(17-13-35)46-28-33-8-4-6-31(24-33)26-42-39-10-2-3-11-40(39)43-27-32-7-5-9-34(25-32)29-47-38-18-14-36(41)15-19-38/h4-9,12-19,24-25,39-40,42-43H,2-3,10-11,20-23,26-29H2,1H3/t39-,40-/m1/s1. The maximum absolute atomic E-state index is 12.2. The minimum Gasteiger partial charge on any atom is -0.489 e. The van der Waals surface area contributed by atoms with Crippen LogP contribution in [-0.4, -0.2) is 36.0 Å². The lowest BCUT2D eigenvalue weighted by molar-refractivity contribution is -0.130. The third-order valence-corrected chi connectivity index (χ3v) is 10.6. The maximum atomic E-state index is 12.2. The van der Waals surface area contributed by atoms with Gasteiger partial charge in [0.25, 0.3) is 0 Å². The van der Waals surface area contributed by atoms with E-state index in [0.717, 1.165) is 50.5 Å². The van der Waals surface area contributed by atoms with Crippen molar-refractivity contribution in [2.45, 2.75) is 89.3 Å². The smallest absolute Gasteiger partial charge is 0.219 e. The van der Waals surface area contributed by atoms with Crippen LogP contribution in [-0.2, 0) is 36.5 Å². The van der Waals surface area contributed by atoms with Gasteiger partial charge in [-0.1, -0.05) is 85.6 Å². The van der Waals surface area contributed by atoms with Crippen LogP contribution in [0.2, 0.25) is 0 Å². The summed E-state index contributed by atoms with van der Waals surface area (Å²) in [6.07, 6.45) is 6.67. The van der Waals surface area contributed by atoms with E-state index in [9.17, 15) is 4.79 Å². The molecule has 0 aromatic heterocycles. The molecule has 6 heteroatoms. The van der Waals surface area contributed by atoms with Gasteiger partial charge >= 0.3 is 0 Å². The molecule has 4 heterocycles. The summed E-state index contributed by atoms with van der Waals surface area (Å²) in [5.41, 5.74) is 7.25. The molecule has 2 N–H and O–H groups in total. The number of carbonyl (C=O) groups excluding carboxylic acids is 1. The number of rotatable bonds is 0. The first-order chi connectivity index (χ1) is 23.0. The molecule has 1 saturated heterocycles. The molecule has 6 nitrogen and oxygen atoms in total. The van der Waals surface area contributed by atoms with Gasteiger partial charge < -0.3 is 25.0 Å². The van der Waals surface area contributed by atoms with Crippen LogP contribution in [0.15, 0.2) is 97.1 Å². The topological polar surface area (TPSA) is 62.8 Å². The largest absolute Gasteiger partial charge is 0.489 e. The van der Waals surface area contributed by atoms with Gasteiger partial charge in [0.05, 0.1) is 0 Å². The molecule has 0 unspecified atom stereocenters. The van der Waals surface area contributed by atoms with Crippen LogP contribution in [0.25, 0.3) is 0 Å². The van der Waals surface area contributed by atoms with Gasteiger partial charge in [-0.15, -0.1) is 0 Å². The van der Waals surface area contributed by atoms with Crippen LogP contribution in [0.5, 0.6) is 11.5 Å². The fraction of sp³-hybridized carbons (Fsp3) is 0.390. The minimum atomic E-state index is -0.185. The first-order valence-corrected chi connectivity index (χ1v) is 17.4. The van der Waals surface area contributed by atoms with Crippen LogP contribution in [0, 0.1) is 0 Å². The molecule has 2 fully saturated rings. The highest BCUT2D eigenvalue weighted by Gasteiger charge is 2.38. The summed E-state index contributed by atoms with van der Waals surface area (Å²) in [6.45, 7) is 5.90. The highest BCUT2D eigenvalue weighted by Crippen LogP contribution is 2.43. The fourth-order valence-corrected chi connectivity index (χ4v) is 7.80. The third-order valence-electron chi connectivity index (χ3n) is 10.6. The molecule has 4 aromatic carbocycles. The highest BCUT2D eigenvalue weighted by molar-refractivity contribution is 5.73. The van der Waals surface area contributed by atoms with E-state index in [0.29, 0.717) is 25.3 Å². The molecule has 9 rings (SSSR count). The van der Waals surface area contributed by atoms with Crippen LogP contribution in [0.4, 0.5) is 0 Å². The molecule has 0 radical (unpaired) electrons. The van der Waals surface area contributed by atoms with Crippen molar-refractivity contribution in [1.82, 2.24) is 15.5 Å². The summed E-state index contributed by atoms with van der Waals surface area (Å²) >= 11 is 0. The summed E-state index contributed by atoms with van der Waals surface area (Å²) in [6, 6.07) is 35.7. The van der Waals surface area contributed by atoms with Gasteiger partial charge in [-0.2, -0.15) is 0 Å². The first-order valence-electron chi connectivity index (χ1n) is 17.4. The maximum Gasteiger partial charge on any atom is 0.219 e. The quantitative estimate of drug-likeness (QED) is 0.214. The number of hydrogen-bond donors (Lipinski definition) is 2. The highest BCUT2D eigenvalue weighted by atomic mass is 16.5. The normalized spacial score (nSPS) is 21.5. The first kappa shape index (κ1) is 31.5. The Morgan fingerprint density at radius 3 is 1.55 bits per heavy atom. The van der Waals surface area contributed by atoms with Gasteiger partial charge in [0.2, 0.25) is 5.91 Å². The minimum absolute atomic E-state index is 0.144. The Morgan fingerprint density at radius 2 is 1.11 bits per heavy atom. The van der Waals surface area contributed by atoms with Crippen molar-refractivity contribution in [3.8, 4) is 11.5 Å². The molecule has 4 aliphatic heterocycles. The number of benzene rings is 4. The Balaban J connectivity index is 1.17. The predicted molar refractivity (Wildman–Crippen MR) is 186 cm³/mol. The van der Waals surface area contributed by atoms with E-state index < -0.39 is 0 Å². The number of carbonyl (C=O) groups is 1. The van der Waals surface area contributed by atoms with E-state index in [1.807, 2.05) is 4.90 Å². The molecule has 8 bridgehead atoms. The molecule has 4 aromatic rings. The summed E-state index contributed by atoms with van der Waals surface area (Å²) in [5, 5.41) is 7.76. The van der Waals surface area contributed by atoms with Crippen molar-refractivity contribution in [2.24, 2.45) is 0 Å². The number of likely N-dealkylation sites (tertiary alicyclic amines) is 1. The van der Waals surface area contributed by atoms with Crippen LogP contribution >= 0.6 is 0 Å². The van der Waals surface area contributed by atoms with Crippen molar-refractivity contribution < 1.29 is 14.3 Å². The Morgan fingerprint density at radius 1 is 0.660 bits per heavy atom. The second-order valence-electron chi connectivity index (χ2n) is 13.6.